The summed E-state index contributed by atoms with van der Waals surface area (Å²) >= 11 is 0. The number of carbonyl (C=O) groups is 2. The summed E-state index contributed by atoms with van der Waals surface area (Å²) in [4.78, 5) is 24.8. The van der Waals surface area contributed by atoms with E-state index < -0.39 is 12.1 Å². The van der Waals surface area contributed by atoms with E-state index in [1.807, 2.05) is 42.5 Å². The van der Waals surface area contributed by atoms with Gasteiger partial charge in [0.2, 0.25) is 6.79 Å². The maximum absolute atomic E-state index is 12.5. The molecule has 0 aromatic heterocycles. The van der Waals surface area contributed by atoms with Gasteiger partial charge >= 0.3 is 12.1 Å². The summed E-state index contributed by atoms with van der Waals surface area (Å²) in [5, 5.41) is 5.24. The van der Waals surface area contributed by atoms with E-state index in [9.17, 15) is 9.59 Å². The summed E-state index contributed by atoms with van der Waals surface area (Å²) in [6.45, 7) is 4.44. The highest BCUT2D eigenvalue weighted by Crippen LogP contribution is 2.64. The number of hydrogen-bond acceptors (Lipinski definition) is 4. The van der Waals surface area contributed by atoms with E-state index in [2.05, 4.69) is 19.2 Å². The molecule has 3 saturated carbocycles. The fourth-order valence-electron chi connectivity index (χ4n) is 7.46. The lowest BCUT2D eigenvalue weighted by Gasteiger charge is -2.62. The maximum atomic E-state index is 12.5. The molecular weight excluding hydrogens is 402 g/mol. The zero-order valence-corrected chi connectivity index (χ0v) is 19.1. The molecule has 3 fully saturated rings. The molecule has 5 nitrogen and oxygen atoms in total. The number of nitrogens with one attached hydrogen (secondary N) is 1. The number of benzene rings is 2. The van der Waals surface area contributed by atoms with Crippen LogP contribution >= 0.6 is 0 Å². The number of esters is 1. The molecule has 2 aromatic rings. The van der Waals surface area contributed by atoms with E-state index in [4.69, 9.17) is 9.47 Å². The molecule has 5 atom stereocenters. The average molecular weight is 436 g/mol. The second-order valence-corrected chi connectivity index (χ2v) is 10.9. The SMILES string of the molecule is CC12CC3CCC(C(NC(=O)OCOC(=O)Cc4cccc5ccccc45)C1)C(C)(C3)C2. The first-order chi connectivity index (χ1) is 15.3. The van der Waals surface area contributed by atoms with Gasteiger partial charge < -0.3 is 14.8 Å². The van der Waals surface area contributed by atoms with Gasteiger partial charge in [0, 0.05) is 6.04 Å². The average Bonchev–Trinajstić information content (AvgIpc) is 2.71. The van der Waals surface area contributed by atoms with Gasteiger partial charge in [0.05, 0.1) is 6.42 Å². The molecule has 3 aliphatic carbocycles. The van der Waals surface area contributed by atoms with Gasteiger partial charge in [-0.3, -0.25) is 4.79 Å². The van der Waals surface area contributed by atoms with Crippen LogP contribution in [0, 0.1) is 22.7 Å². The molecule has 3 aliphatic rings. The van der Waals surface area contributed by atoms with Gasteiger partial charge in [-0.05, 0) is 71.1 Å². The molecule has 1 amide bonds. The number of hydrogen-bond donors (Lipinski definition) is 1. The Labute approximate surface area is 189 Å². The fourth-order valence-corrected chi connectivity index (χ4v) is 7.46. The number of carbonyl (C=O) groups excluding carboxylic acids is 2. The van der Waals surface area contributed by atoms with Crippen LogP contribution in [0.15, 0.2) is 42.5 Å². The van der Waals surface area contributed by atoms with E-state index in [1.54, 1.807) is 0 Å². The highest BCUT2D eigenvalue weighted by atomic mass is 16.7. The minimum absolute atomic E-state index is 0.138. The number of amides is 1. The van der Waals surface area contributed by atoms with Crippen molar-refractivity contribution in [2.24, 2.45) is 22.7 Å². The molecule has 1 N–H and O–H groups in total. The third-order valence-electron chi connectivity index (χ3n) is 8.27. The zero-order chi connectivity index (χ0) is 22.3. The molecule has 5 unspecified atom stereocenters. The van der Waals surface area contributed by atoms with Crippen LogP contribution in [0.4, 0.5) is 4.79 Å². The number of rotatable bonds is 5. The topological polar surface area (TPSA) is 64.6 Å². The van der Waals surface area contributed by atoms with E-state index >= 15 is 0 Å². The van der Waals surface area contributed by atoms with Crippen molar-refractivity contribution in [2.75, 3.05) is 6.79 Å². The Kier molecular flexibility index (Phi) is 5.39. The van der Waals surface area contributed by atoms with Crippen LogP contribution in [0.1, 0.15) is 57.9 Å². The van der Waals surface area contributed by atoms with Gasteiger partial charge in [0.15, 0.2) is 0 Å². The molecule has 170 valence electrons. The third kappa shape index (κ3) is 4.10. The van der Waals surface area contributed by atoms with E-state index in [-0.39, 0.29) is 19.3 Å². The van der Waals surface area contributed by atoms with Crippen LogP contribution in [0.5, 0.6) is 0 Å². The molecule has 5 heteroatoms. The predicted molar refractivity (Wildman–Crippen MR) is 123 cm³/mol. The lowest BCUT2D eigenvalue weighted by atomic mass is 9.44. The molecule has 0 spiro atoms. The minimum atomic E-state index is -0.484. The van der Waals surface area contributed by atoms with Crippen LogP contribution < -0.4 is 5.32 Å². The van der Waals surface area contributed by atoms with Crippen molar-refractivity contribution >= 4 is 22.8 Å². The Morgan fingerprint density at radius 1 is 1.00 bits per heavy atom. The zero-order valence-electron chi connectivity index (χ0n) is 19.1. The van der Waals surface area contributed by atoms with Crippen LogP contribution in [0.2, 0.25) is 0 Å². The standard InChI is InChI=1S/C27H33NO4/c1-26-13-18-10-11-22(27(2,14-18)16-26)23(15-26)28-25(30)32-17-31-24(29)12-20-8-5-7-19-6-3-4-9-21(19)20/h3-9,18,22-23H,10-17H2,1-2H3,(H,28,30). The van der Waals surface area contributed by atoms with Gasteiger partial charge in [0.25, 0.3) is 0 Å². The Balaban J connectivity index is 1.13. The van der Waals surface area contributed by atoms with Crippen molar-refractivity contribution in [3.63, 3.8) is 0 Å². The lowest BCUT2D eigenvalue weighted by Crippen LogP contribution is -2.59. The van der Waals surface area contributed by atoms with Crippen LogP contribution in [-0.4, -0.2) is 24.9 Å². The van der Waals surface area contributed by atoms with Crippen LogP contribution in [0.3, 0.4) is 0 Å². The monoisotopic (exact) mass is 435 g/mol. The van der Waals surface area contributed by atoms with Gasteiger partial charge in [-0.25, -0.2) is 4.79 Å². The van der Waals surface area contributed by atoms with Crippen LogP contribution in [0.25, 0.3) is 10.8 Å². The molecular formula is C27H33NO4. The largest absolute Gasteiger partial charge is 0.428 e. The highest BCUT2D eigenvalue weighted by Gasteiger charge is 2.57. The van der Waals surface area contributed by atoms with Gasteiger partial charge in [0.1, 0.15) is 0 Å². The van der Waals surface area contributed by atoms with Crippen molar-refractivity contribution in [1.82, 2.24) is 5.32 Å². The summed E-state index contributed by atoms with van der Waals surface area (Å²) < 4.78 is 10.4. The molecule has 0 heterocycles. The Morgan fingerprint density at radius 2 is 1.81 bits per heavy atom. The second kappa shape index (κ2) is 8.09. The molecule has 0 saturated heterocycles. The molecule has 3 bridgehead atoms. The molecule has 2 aromatic carbocycles. The van der Waals surface area contributed by atoms with Gasteiger partial charge in [-0.2, -0.15) is 0 Å². The van der Waals surface area contributed by atoms with Crippen molar-refractivity contribution in [3.05, 3.63) is 48.0 Å². The number of alkyl carbamates (subject to hydrolysis) is 1. The summed E-state index contributed by atoms with van der Waals surface area (Å²) in [5.74, 6) is 0.956. The maximum Gasteiger partial charge on any atom is 0.410 e. The molecule has 32 heavy (non-hydrogen) atoms. The Bertz CT molecular complexity index is 1030. The second-order valence-electron chi connectivity index (χ2n) is 10.9. The van der Waals surface area contributed by atoms with E-state index in [0.717, 1.165) is 28.7 Å². The summed E-state index contributed by atoms with van der Waals surface area (Å²) in [5.41, 5.74) is 1.53. The minimum Gasteiger partial charge on any atom is -0.428 e. The van der Waals surface area contributed by atoms with E-state index in [0.29, 0.717) is 16.7 Å². The van der Waals surface area contributed by atoms with Crippen molar-refractivity contribution < 1.29 is 19.1 Å². The summed E-state index contributed by atoms with van der Waals surface area (Å²) in [7, 11) is 0. The predicted octanol–water partition coefficient (Wildman–Crippen LogP) is 5.60. The first-order valence-corrected chi connectivity index (χ1v) is 11.9. The van der Waals surface area contributed by atoms with Crippen molar-refractivity contribution in [2.45, 2.75) is 64.8 Å². The number of ether oxygens (including phenoxy) is 2. The quantitative estimate of drug-likeness (QED) is 0.490. The normalized spacial score (nSPS) is 33.0. The van der Waals surface area contributed by atoms with Gasteiger partial charge in [-0.1, -0.05) is 62.7 Å². The van der Waals surface area contributed by atoms with Crippen molar-refractivity contribution in [3.8, 4) is 0 Å². The first-order valence-electron chi connectivity index (χ1n) is 11.9. The van der Waals surface area contributed by atoms with Crippen molar-refractivity contribution in [1.29, 1.82) is 0 Å². The summed E-state index contributed by atoms with van der Waals surface area (Å²) in [6.07, 6.45) is 6.95. The molecule has 0 aliphatic heterocycles. The molecule has 0 radical (unpaired) electrons. The Hall–Kier alpha value is -2.56. The van der Waals surface area contributed by atoms with Crippen LogP contribution in [-0.2, 0) is 20.7 Å². The van der Waals surface area contributed by atoms with Gasteiger partial charge in [-0.15, -0.1) is 0 Å². The highest BCUT2D eigenvalue weighted by molar-refractivity contribution is 5.89. The Morgan fingerprint density at radius 3 is 2.69 bits per heavy atom. The summed E-state index contributed by atoms with van der Waals surface area (Å²) in [6, 6.07) is 14.0. The van der Waals surface area contributed by atoms with E-state index in [1.165, 1.54) is 32.1 Å². The molecule has 5 rings (SSSR count). The third-order valence-corrected chi connectivity index (χ3v) is 8.27. The smallest absolute Gasteiger partial charge is 0.410 e. The lowest BCUT2D eigenvalue weighted by molar-refractivity contribution is -0.151. The first kappa shape index (κ1) is 21.3. The fraction of sp³-hybridized carbons (Fsp3) is 0.556. The number of fused-ring (bicyclic) bond motifs is 3.